The molecule has 9 heteroatoms. The van der Waals surface area contributed by atoms with Gasteiger partial charge in [0, 0.05) is 56.6 Å². The molecule has 0 aromatic carbocycles. The number of aryl methyl sites for hydroxylation is 2. The molecule has 0 aliphatic carbocycles. The van der Waals surface area contributed by atoms with Crippen molar-refractivity contribution in [1.29, 1.82) is 5.26 Å². The largest absolute Gasteiger partial charge is 0.380 e. The summed E-state index contributed by atoms with van der Waals surface area (Å²) >= 11 is 0. The number of rotatable bonds is 5. The number of anilines is 3. The zero-order chi connectivity index (χ0) is 19.4. The van der Waals surface area contributed by atoms with Crippen LogP contribution < -0.4 is 10.2 Å². The van der Waals surface area contributed by atoms with E-state index in [1.165, 1.54) is 0 Å². The molecule has 0 saturated carbocycles. The highest BCUT2D eigenvalue weighted by Gasteiger charge is 2.59. The fraction of sp³-hybridized carbons (Fsp3) is 0.579. The van der Waals surface area contributed by atoms with Crippen LogP contribution in [-0.2, 0) is 11.8 Å². The lowest BCUT2D eigenvalue weighted by molar-refractivity contribution is -0.216. The number of nitrogens with zero attached hydrogens (tertiary/aromatic N) is 7. The Morgan fingerprint density at radius 1 is 1.25 bits per heavy atom. The normalized spacial score (nSPS) is 22.1. The molecule has 146 valence electrons. The maximum atomic E-state index is 9.39. The second-order valence-corrected chi connectivity index (χ2v) is 8.49. The van der Waals surface area contributed by atoms with E-state index in [-0.39, 0.29) is 5.54 Å². The Labute approximate surface area is 163 Å². The van der Waals surface area contributed by atoms with E-state index in [0.29, 0.717) is 17.8 Å². The molecule has 0 bridgehead atoms. The molecule has 1 spiro atoms. The van der Waals surface area contributed by atoms with Gasteiger partial charge >= 0.3 is 0 Å². The molecule has 3 saturated heterocycles. The Morgan fingerprint density at radius 3 is 2.64 bits per heavy atom. The first kappa shape index (κ1) is 17.4. The maximum absolute atomic E-state index is 9.39. The Bertz CT molecular complexity index is 930. The van der Waals surface area contributed by atoms with Crippen molar-refractivity contribution in [2.45, 2.75) is 18.9 Å². The molecular formula is C19H24N8O. The molecule has 3 fully saturated rings. The van der Waals surface area contributed by atoms with Crippen LogP contribution in [0.2, 0.25) is 0 Å². The van der Waals surface area contributed by atoms with E-state index in [1.54, 1.807) is 10.9 Å². The highest BCUT2D eigenvalue weighted by Crippen LogP contribution is 2.46. The van der Waals surface area contributed by atoms with Gasteiger partial charge in [-0.1, -0.05) is 0 Å². The summed E-state index contributed by atoms with van der Waals surface area (Å²) in [5.41, 5.74) is 2.18. The lowest BCUT2D eigenvalue weighted by Gasteiger charge is -2.65. The summed E-state index contributed by atoms with van der Waals surface area (Å²) in [6.45, 7) is 7.48. The van der Waals surface area contributed by atoms with Gasteiger partial charge < -0.3 is 15.0 Å². The van der Waals surface area contributed by atoms with Gasteiger partial charge in [-0.3, -0.25) is 9.58 Å². The van der Waals surface area contributed by atoms with Crippen LogP contribution in [-0.4, -0.2) is 69.6 Å². The van der Waals surface area contributed by atoms with E-state index in [0.717, 1.165) is 56.5 Å². The summed E-state index contributed by atoms with van der Waals surface area (Å²) in [7, 11) is 1.87. The summed E-state index contributed by atoms with van der Waals surface area (Å²) in [6.07, 6.45) is 6.02. The lowest BCUT2D eigenvalue weighted by atomic mass is 9.71. The Hall–Kier alpha value is -2.70. The molecule has 0 atom stereocenters. The van der Waals surface area contributed by atoms with E-state index in [2.05, 4.69) is 31.3 Å². The number of nitrogens with one attached hydrogen (secondary N) is 1. The van der Waals surface area contributed by atoms with Gasteiger partial charge in [0.2, 0.25) is 5.95 Å². The van der Waals surface area contributed by atoms with Crippen molar-refractivity contribution >= 4 is 17.5 Å². The van der Waals surface area contributed by atoms with Crippen LogP contribution in [0.4, 0.5) is 17.5 Å². The van der Waals surface area contributed by atoms with Gasteiger partial charge in [0.25, 0.3) is 0 Å². The van der Waals surface area contributed by atoms with Gasteiger partial charge in [0.05, 0.1) is 43.1 Å². The minimum Gasteiger partial charge on any atom is -0.380 e. The fourth-order valence-corrected chi connectivity index (χ4v) is 4.49. The minimum absolute atomic E-state index is 0.0656. The van der Waals surface area contributed by atoms with Crippen LogP contribution in [0.5, 0.6) is 0 Å². The van der Waals surface area contributed by atoms with Crippen LogP contribution in [0.3, 0.4) is 0 Å². The first-order chi connectivity index (χ1) is 13.5. The van der Waals surface area contributed by atoms with Crippen LogP contribution >= 0.6 is 0 Å². The van der Waals surface area contributed by atoms with Crippen molar-refractivity contribution in [3.8, 4) is 6.07 Å². The molecule has 2 aromatic heterocycles. The number of aromatic nitrogens is 4. The quantitative estimate of drug-likeness (QED) is 0.823. The first-order valence-corrected chi connectivity index (χ1v) is 9.55. The van der Waals surface area contributed by atoms with E-state index in [9.17, 15) is 5.26 Å². The summed E-state index contributed by atoms with van der Waals surface area (Å²) in [6, 6.07) is 2.40. The SMILES string of the molecule is Cc1cnc(Nc2cnn(C)c2)nc1N1CC(CC#N)(N2CC3(COC3)C2)C1. The van der Waals surface area contributed by atoms with Gasteiger partial charge in [-0.25, -0.2) is 4.98 Å². The van der Waals surface area contributed by atoms with Crippen molar-refractivity contribution in [1.82, 2.24) is 24.6 Å². The van der Waals surface area contributed by atoms with E-state index in [1.807, 2.05) is 26.4 Å². The summed E-state index contributed by atoms with van der Waals surface area (Å²) in [5.74, 6) is 1.48. The molecule has 0 amide bonds. The number of likely N-dealkylation sites (tertiary alicyclic amines) is 1. The highest BCUT2D eigenvalue weighted by atomic mass is 16.5. The number of nitriles is 1. The van der Waals surface area contributed by atoms with Crippen LogP contribution in [0, 0.1) is 23.7 Å². The second kappa shape index (κ2) is 6.15. The van der Waals surface area contributed by atoms with Crippen molar-refractivity contribution in [3.63, 3.8) is 0 Å². The summed E-state index contributed by atoms with van der Waals surface area (Å²) < 4.78 is 7.12. The first-order valence-electron chi connectivity index (χ1n) is 9.55. The molecule has 2 aromatic rings. The molecule has 5 heterocycles. The van der Waals surface area contributed by atoms with E-state index >= 15 is 0 Å². The third kappa shape index (κ3) is 2.72. The molecule has 0 unspecified atom stereocenters. The van der Waals surface area contributed by atoms with Crippen molar-refractivity contribution < 1.29 is 4.74 Å². The maximum Gasteiger partial charge on any atom is 0.229 e. The summed E-state index contributed by atoms with van der Waals surface area (Å²) in [4.78, 5) is 13.9. The van der Waals surface area contributed by atoms with E-state index < -0.39 is 0 Å². The predicted octanol–water partition coefficient (Wildman–Crippen LogP) is 1.07. The molecular weight excluding hydrogens is 356 g/mol. The zero-order valence-corrected chi connectivity index (χ0v) is 16.2. The average Bonchev–Trinajstić information content (AvgIpc) is 2.96. The molecule has 3 aliphatic heterocycles. The van der Waals surface area contributed by atoms with Crippen molar-refractivity contribution in [2.75, 3.05) is 49.6 Å². The van der Waals surface area contributed by atoms with Crippen molar-refractivity contribution in [2.24, 2.45) is 12.5 Å². The average molecular weight is 380 g/mol. The molecule has 3 aliphatic rings. The van der Waals surface area contributed by atoms with Gasteiger partial charge in [-0.2, -0.15) is 15.3 Å². The van der Waals surface area contributed by atoms with Gasteiger partial charge in [-0.05, 0) is 6.92 Å². The Morgan fingerprint density at radius 2 is 2.04 bits per heavy atom. The third-order valence-corrected chi connectivity index (χ3v) is 6.12. The van der Waals surface area contributed by atoms with Crippen molar-refractivity contribution in [3.05, 3.63) is 24.2 Å². The molecule has 0 radical (unpaired) electrons. The summed E-state index contributed by atoms with van der Waals surface area (Å²) in [5, 5.41) is 16.8. The smallest absolute Gasteiger partial charge is 0.229 e. The topological polar surface area (TPSA) is 95.1 Å². The van der Waals surface area contributed by atoms with Crippen LogP contribution in [0.25, 0.3) is 0 Å². The van der Waals surface area contributed by atoms with Gasteiger partial charge in [-0.15, -0.1) is 0 Å². The molecule has 28 heavy (non-hydrogen) atoms. The number of hydrogen-bond donors (Lipinski definition) is 1. The molecule has 5 rings (SSSR count). The Balaban J connectivity index is 1.30. The van der Waals surface area contributed by atoms with Crippen LogP contribution in [0.1, 0.15) is 12.0 Å². The van der Waals surface area contributed by atoms with Crippen LogP contribution in [0.15, 0.2) is 18.6 Å². The van der Waals surface area contributed by atoms with Gasteiger partial charge in [0.15, 0.2) is 0 Å². The zero-order valence-electron chi connectivity index (χ0n) is 16.2. The molecule has 1 N–H and O–H groups in total. The lowest BCUT2D eigenvalue weighted by Crippen LogP contribution is -2.79. The monoisotopic (exact) mass is 380 g/mol. The second-order valence-electron chi connectivity index (χ2n) is 8.49. The van der Waals surface area contributed by atoms with E-state index in [4.69, 9.17) is 9.72 Å². The number of ether oxygens (including phenoxy) is 1. The van der Waals surface area contributed by atoms with Gasteiger partial charge in [0.1, 0.15) is 5.82 Å². The third-order valence-electron chi connectivity index (χ3n) is 6.12. The minimum atomic E-state index is -0.0656. The Kier molecular flexibility index (Phi) is 3.82. The predicted molar refractivity (Wildman–Crippen MR) is 103 cm³/mol. The highest BCUT2D eigenvalue weighted by molar-refractivity contribution is 5.57. The fourth-order valence-electron chi connectivity index (χ4n) is 4.49. The molecule has 9 nitrogen and oxygen atoms in total. The standard InChI is InChI=1S/C19H24N8O/c1-14-5-21-17(23-15-6-22-25(2)7-15)24-16(14)26-10-19(11-26,3-4-20)27-8-18(9-27)12-28-13-18/h5-7H,3,8-13H2,1-2H3,(H,21,23,24). The number of hydrogen-bond acceptors (Lipinski definition) is 8.